The van der Waals surface area contributed by atoms with Crippen molar-refractivity contribution in [1.82, 2.24) is 4.90 Å². The molecule has 0 radical (unpaired) electrons. The lowest BCUT2D eigenvalue weighted by atomic mass is 9.88. The van der Waals surface area contributed by atoms with Crippen molar-refractivity contribution in [2.24, 2.45) is 0 Å². The SMILES string of the molecule is CN1CCC(c2ccc(O)c(C(=O)Nc3cc(-c4ccccc4)ccc3C=O)c2)CC1. The molecule has 0 aliphatic carbocycles. The van der Waals surface area contributed by atoms with Gasteiger partial charge in [0.2, 0.25) is 0 Å². The third kappa shape index (κ3) is 4.67. The van der Waals surface area contributed by atoms with E-state index in [1.54, 1.807) is 24.3 Å². The molecule has 158 valence electrons. The Morgan fingerprint density at radius 1 is 1.00 bits per heavy atom. The van der Waals surface area contributed by atoms with Gasteiger partial charge in [-0.1, -0.05) is 42.5 Å². The zero-order valence-electron chi connectivity index (χ0n) is 17.5. The lowest BCUT2D eigenvalue weighted by Gasteiger charge is -2.29. The Labute approximate surface area is 182 Å². The molecule has 0 unspecified atom stereocenters. The molecule has 0 aromatic heterocycles. The summed E-state index contributed by atoms with van der Waals surface area (Å²) >= 11 is 0. The van der Waals surface area contributed by atoms with E-state index in [2.05, 4.69) is 17.3 Å². The van der Waals surface area contributed by atoms with E-state index in [0.29, 0.717) is 17.2 Å². The molecule has 1 saturated heterocycles. The Hall–Kier alpha value is -3.44. The zero-order valence-corrected chi connectivity index (χ0v) is 17.5. The van der Waals surface area contributed by atoms with Crippen molar-refractivity contribution < 1.29 is 14.7 Å². The van der Waals surface area contributed by atoms with Gasteiger partial charge in [0, 0.05) is 5.56 Å². The lowest BCUT2D eigenvalue weighted by molar-refractivity contribution is 0.102. The van der Waals surface area contributed by atoms with E-state index in [9.17, 15) is 14.7 Å². The van der Waals surface area contributed by atoms with E-state index in [1.165, 1.54) is 0 Å². The predicted octanol–water partition coefficient (Wildman–Crippen LogP) is 4.93. The number of carbonyl (C=O) groups is 2. The van der Waals surface area contributed by atoms with E-state index >= 15 is 0 Å². The average Bonchev–Trinajstić information content (AvgIpc) is 2.80. The predicted molar refractivity (Wildman–Crippen MR) is 123 cm³/mol. The van der Waals surface area contributed by atoms with Crippen molar-refractivity contribution in [3.63, 3.8) is 0 Å². The van der Waals surface area contributed by atoms with Gasteiger partial charge in [-0.2, -0.15) is 0 Å². The molecule has 1 amide bonds. The summed E-state index contributed by atoms with van der Waals surface area (Å²) in [5, 5.41) is 13.2. The van der Waals surface area contributed by atoms with Gasteiger partial charge in [-0.15, -0.1) is 0 Å². The van der Waals surface area contributed by atoms with Crippen LogP contribution in [-0.2, 0) is 0 Å². The van der Waals surface area contributed by atoms with Crippen LogP contribution in [0.2, 0.25) is 0 Å². The topological polar surface area (TPSA) is 69.6 Å². The normalized spacial score (nSPS) is 14.9. The van der Waals surface area contributed by atoms with Crippen LogP contribution in [0.5, 0.6) is 5.75 Å². The third-order valence-corrected chi connectivity index (χ3v) is 5.99. The molecule has 3 aromatic carbocycles. The fourth-order valence-electron chi connectivity index (χ4n) is 4.10. The molecule has 1 aliphatic rings. The summed E-state index contributed by atoms with van der Waals surface area (Å²) in [6.45, 7) is 2.03. The number of likely N-dealkylation sites (tertiary alicyclic amines) is 1. The number of phenolic OH excluding ortho intramolecular Hbond substituents is 1. The summed E-state index contributed by atoms with van der Waals surface area (Å²) in [5.74, 6) is -0.128. The van der Waals surface area contributed by atoms with Crippen molar-refractivity contribution in [2.75, 3.05) is 25.5 Å². The number of aldehydes is 1. The first-order valence-corrected chi connectivity index (χ1v) is 10.5. The first kappa shape index (κ1) is 20.8. The smallest absolute Gasteiger partial charge is 0.259 e. The summed E-state index contributed by atoms with van der Waals surface area (Å²) in [5.41, 5.74) is 3.97. The van der Waals surface area contributed by atoms with E-state index in [1.807, 2.05) is 42.5 Å². The van der Waals surface area contributed by atoms with Crippen LogP contribution in [0.25, 0.3) is 11.1 Å². The molecule has 31 heavy (non-hydrogen) atoms. The van der Waals surface area contributed by atoms with E-state index in [-0.39, 0.29) is 11.3 Å². The minimum Gasteiger partial charge on any atom is -0.507 e. The maximum absolute atomic E-state index is 13.0. The molecule has 0 atom stereocenters. The van der Waals surface area contributed by atoms with Crippen molar-refractivity contribution >= 4 is 17.9 Å². The standard InChI is InChI=1S/C26H26N2O3/c1-28-13-11-19(12-14-28)20-9-10-25(30)23(15-20)26(31)27-24-16-21(7-8-22(24)17-29)18-5-3-2-4-6-18/h2-10,15-17,19,30H,11-14H2,1H3,(H,27,31). The first-order chi connectivity index (χ1) is 15.0. The fraction of sp³-hybridized carbons (Fsp3) is 0.231. The van der Waals surface area contributed by atoms with Crippen LogP contribution in [0, 0.1) is 0 Å². The highest BCUT2D eigenvalue weighted by atomic mass is 16.3. The number of nitrogens with zero attached hydrogens (tertiary/aromatic N) is 1. The van der Waals surface area contributed by atoms with Crippen molar-refractivity contribution in [2.45, 2.75) is 18.8 Å². The van der Waals surface area contributed by atoms with Crippen LogP contribution in [0.4, 0.5) is 5.69 Å². The number of rotatable bonds is 5. The fourth-order valence-corrected chi connectivity index (χ4v) is 4.10. The van der Waals surface area contributed by atoms with Crippen molar-refractivity contribution in [3.05, 3.63) is 83.4 Å². The van der Waals surface area contributed by atoms with Gasteiger partial charge >= 0.3 is 0 Å². The Kier molecular flexibility index (Phi) is 6.14. The van der Waals surface area contributed by atoms with Crippen molar-refractivity contribution in [3.8, 4) is 16.9 Å². The van der Waals surface area contributed by atoms with E-state index in [0.717, 1.165) is 48.9 Å². The summed E-state index contributed by atoms with van der Waals surface area (Å²) < 4.78 is 0. The number of amides is 1. The summed E-state index contributed by atoms with van der Waals surface area (Å²) in [6.07, 6.45) is 2.77. The molecule has 2 N–H and O–H groups in total. The van der Waals surface area contributed by atoms with Gasteiger partial charge < -0.3 is 15.3 Å². The Bertz CT molecular complexity index is 1090. The lowest BCUT2D eigenvalue weighted by Crippen LogP contribution is -2.29. The highest BCUT2D eigenvalue weighted by molar-refractivity contribution is 6.08. The quantitative estimate of drug-likeness (QED) is 0.581. The molecule has 4 rings (SSSR count). The van der Waals surface area contributed by atoms with Gasteiger partial charge in [-0.05, 0) is 79.9 Å². The Morgan fingerprint density at radius 3 is 2.45 bits per heavy atom. The van der Waals surface area contributed by atoms with Crippen LogP contribution in [0.15, 0.2) is 66.7 Å². The molecule has 5 heteroatoms. The van der Waals surface area contributed by atoms with Crippen LogP contribution < -0.4 is 5.32 Å². The van der Waals surface area contributed by atoms with E-state index < -0.39 is 5.91 Å². The maximum atomic E-state index is 13.0. The van der Waals surface area contributed by atoms with Crippen LogP contribution >= 0.6 is 0 Å². The average molecular weight is 415 g/mol. The molecule has 0 spiro atoms. The number of hydrogen-bond donors (Lipinski definition) is 2. The van der Waals surface area contributed by atoms with Gasteiger partial charge in [0.15, 0.2) is 6.29 Å². The second kappa shape index (κ2) is 9.14. The summed E-state index contributed by atoms with van der Waals surface area (Å²) in [7, 11) is 2.11. The number of anilines is 1. The van der Waals surface area contributed by atoms with E-state index in [4.69, 9.17) is 0 Å². The largest absolute Gasteiger partial charge is 0.507 e. The van der Waals surface area contributed by atoms with Gasteiger partial charge in [-0.3, -0.25) is 9.59 Å². The second-order valence-corrected chi connectivity index (χ2v) is 8.09. The van der Waals surface area contributed by atoms with Gasteiger partial charge in [0.1, 0.15) is 5.75 Å². The highest BCUT2D eigenvalue weighted by Gasteiger charge is 2.21. The number of benzene rings is 3. The number of aromatic hydroxyl groups is 1. The molecule has 1 heterocycles. The highest BCUT2D eigenvalue weighted by Crippen LogP contribution is 2.31. The molecule has 1 fully saturated rings. The third-order valence-electron chi connectivity index (χ3n) is 5.99. The number of piperidine rings is 1. The molecule has 1 aliphatic heterocycles. The van der Waals surface area contributed by atoms with Crippen LogP contribution in [-0.4, -0.2) is 42.3 Å². The molecule has 0 bridgehead atoms. The minimum absolute atomic E-state index is 0.0685. The number of phenols is 1. The summed E-state index contributed by atoms with van der Waals surface area (Å²) in [4.78, 5) is 26.9. The maximum Gasteiger partial charge on any atom is 0.259 e. The monoisotopic (exact) mass is 414 g/mol. The van der Waals surface area contributed by atoms with Gasteiger partial charge in [0.05, 0.1) is 11.3 Å². The van der Waals surface area contributed by atoms with Crippen LogP contribution in [0.3, 0.4) is 0 Å². The molecule has 5 nitrogen and oxygen atoms in total. The molecular formula is C26H26N2O3. The zero-order chi connectivity index (χ0) is 21.8. The van der Waals surface area contributed by atoms with Crippen molar-refractivity contribution in [1.29, 1.82) is 0 Å². The number of carbonyl (C=O) groups excluding carboxylic acids is 2. The van der Waals surface area contributed by atoms with Gasteiger partial charge in [-0.25, -0.2) is 0 Å². The Morgan fingerprint density at radius 2 is 1.74 bits per heavy atom. The molecular weight excluding hydrogens is 388 g/mol. The van der Waals surface area contributed by atoms with Crippen LogP contribution in [0.1, 0.15) is 45.0 Å². The first-order valence-electron chi connectivity index (χ1n) is 10.5. The number of nitrogens with one attached hydrogen (secondary N) is 1. The summed E-state index contributed by atoms with van der Waals surface area (Å²) in [6, 6.07) is 20.4. The number of hydrogen-bond acceptors (Lipinski definition) is 4. The molecule has 0 saturated carbocycles. The molecule has 3 aromatic rings. The Balaban J connectivity index is 1.61. The van der Waals surface area contributed by atoms with Gasteiger partial charge in [0.25, 0.3) is 5.91 Å². The second-order valence-electron chi connectivity index (χ2n) is 8.09. The minimum atomic E-state index is -0.430.